The molecule has 6 nitrogen and oxygen atoms in total. The number of rotatable bonds is 7. The van der Waals surface area contributed by atoms with Gasteiger partial charge in [-0.05, 0) is 78.7 Å². The number of amides is 1. The van der Waals surface area contributed by atoms with Gasteiger partial charge in [0.25, 0.3) is 5.91 Å². The summed E-state index contributed by atoms with van der Waals surface area (Å²) in [5.74, 6) is 0.243. The maximum Gasteiger partial charge on any atom is 0.343 e. The van der Waals surface area contributed by atoms with Crippen molar-refractivity contribution in [2.45, 2.75) is 20.0 Å². The number of carbonyl (C=O) groups excluding carboxylic acids is 2. The predicted octanol–water partition coefficient (Wildman–Crippen LogP) is 5.29. The van der Waals surface area contributed by atoms with Crippen LogP contribution in [0.3, 0.4) is 0 Å². The SMILES string of the molecule is Cc1ccc(C(=O)Oc2ccc(/C=N\NC(=O)[C@H](C)Oc3ccc4ccccc4c3)cc2)cc1. The van der Waals surface area contributed by atoms with Gasteiger partial charge >= 0.3 is 5.97 Å². The van der Waals surface area contributed by atoms with Gasteiger partial charge in [0.15, 0.2) is 6.10 Å². The third-order valence-corrected chi connectivity index (χ3v) is 5.17. The second-order valence-electron chi connectivity index (χ2n) is 7.83. The van der Waals surface area contributed by atoms with Crippen molar-refractivity contribution < 1.29 is 19.1 Å². The molecule has 1 atom stereocenters. The van der Waals surface area contributed by atoms with E-state index < -0.39 is 12.1 Å². The van der Waals surface area contributed by atoms with Crippen LogP contribution in [0.2, 0.25) is 0 Å². The standard InChI is InChI=1S/C28H24N2O4/c1-19-7-11-23(12-8-19)28(32)34-25-14-9-21(10-15-25)18-29-30-27(31)20(2)33-26-16-13-22-5-3-4-6-24(22)17-26/h3-18,20H,1-2H3,(H,30,31)/b29-18-/t20-/m0/s1. The van der Waals surface area contributed by atoms with E-state index in [1.54, 1.807) is 43.3 Å². The van der Waals surface area contributed by atoms with Crippen LogP contribution in [-0.4, -0.2) is 24.2 Å². The van der Waals surface area contributed by atoms with Crippen LogP contribution in [0.15, 0.2) is 96.1 Å². The molecule has 0 radical (unpaired) electrons. The first-order valence-corrected chi connectivity index (χ1v) is 10.9. The fourth-order valence-corrected chi connectivity index (χ4v) is 3.24. The topological polar surface area (TPSA) is 77.0 Å². The summed E-state index contributed by atoms with van der Waals surface area (Å²) in [6, 6.07) is 27.6. The fourth-order valence-electron chi connectivity index (χ4n) is 3.24. The highest BCUT2D eigenvalue weighted by Crippen LogP contribution is 2.21. The normalized spacial score (nSPS) is 11.8. The van der Waals surface area contributed by atoms with Gasteiger partial charge in [0.1, 0.15) is 11.5 Å². The maximum atomic E-state index is 12.3. The first-order chi connectivity index (χ1) is 16.5. The van der Waals surface area contributed by atoms with Crippen LogP contribution >= 0.6 is 0 Å². The Kier molecular flexibility index (Phi) is 6.98. The minimum atomic E-state index is -0.720. The highest BCUT2D eigenvalue weighted by molar-refractivity contribution is 5.91. The molecule has 1 N–H and O–H groups in total. The maximum absolute atomic E-state index is 12.3. The minimum Gasteiger partial charge on any atom is -0.481 e. The van der Waals surface area contributed by atoms with Gasteiger partial charge in [-0.15, -0.1) is 0 Å². The Labute approximate surface area is 197 Å². The molecule has 4 aromatic carbocycles. The van der Waals surface area contributed by atoms with E-state index in [4.69, 9.17) is 9.47 Å². The number of aryl methyl sites for hydroxylation is 1. The fraction of sp³-hybridized carbons (Fsp3) is 0.107. The van der Waals surface area contributed by atoms with Crippen molar-refractivity contribution in [3.05, 3.63) is 108 Å². The summed E-state index contributed by atoms with van der Waals surface area (Å²) >= 11 is 0. The molecule has 0 spiro atoms. The van der Waals surface area contributed by atoms with Crippen molar-refractivity contribution >= 4 is 28.9 Å². The average molecular weight is 453 g/mol. The number of esters is 1. The Balaban J connectivity index is 1.28. The molecule has 0 heterocycles. The van der Waals surface area contributed by atoms with Gasteiger partial charge in [0.05, 0.1) is 11.8 Å². The Hall–Kier alpha value is -4.45. The summed E-state index contributed by atoms with van der Waals surface area (Å²) in [6.45, 7) is 3.62. The summed E-state index contributed by atoms with van der Waals surface area (Å²) in [4.78, 5) is 24.5. The third-order valence-electron chi connectivity index (χ3n) is 5.17. The van der Waals surface area contributed by atoms with Crippen molar-refractivity contribution in [2.24, 2.45) is 5.10 Å². The second kappa shape index (κ2) is 10.4. The number of hydrazone groups is 1. The molecule has 0 unspecified atom stereocenters. The van der Waals surface area contributed by atoms with Crippen LogP contribution in [0.1, 0.15) is 28.4 Å². The second-order valence-corrected chi connectivity index (χ2v) is 7.83. The first kappa shape index (κ1) is 22.7. The van der Waals surface area contributed by atoms with Gasteiger partial charge < -0.3 is 9.47 Å². The lowest BCUT2D eigenvalue weighted by molar-refractivity contribution is -0.127. The molecule has 0 aromatic heterocycles. The van der Waals surface area contributed by atoms with Crippen LogP contribution in [0, 0.1) is 6.92 Å². The summed E-state index contributed by atoms with van der Waals surface area (Å²) in [5.41, 5.74) is 4.77. The molecular weight excluding hydrogens is 428 g/mol. The molecule has 34 heavy (non-hydrogen) atoms. The van der Waals surface area contributed by atoms with E-state index >= 15 is 0 Å². The molecule has 0 saturated heterocycles. The monoisotopic (exact) mass is 452 g/mol. The molecule has 0 aliphatic rings. The first-order valence-electron chi connectivity index (χ1n) is 10.9. The zero-order chi connectivity index (χ0) is 23.9. The van der Waals surface area contributed by atoms with Crippen LogP contribution in [0.4, 0.5) is 0 Å². The van der Waals surface area contributed by atoms with Crippen LogP contribution in [0.25, 0.3) is 10.8 Å². The van der Waals surface area contributed by atoms with Crippen molar-refractivity contribution in [3.8, 4) is 11.5 Å². The third kappa shape index (κ3) is 5.86. The van der Waals surface area contributed by atoms with Crippen LogP contribution < -0.4 is 14.9 Å². The molecule has 4 aromatic rings. The zero-order valence-corrected chi connectivity index (χ0v) is 18.9. The Morgan fingerprint density at radius 3 is 2.26 bits per heavy atom. The number of hydrogen-bond donors (Lipinski definition) is 1. The van der Waals surface area contributed by atoms with E-state index in [0.717, 1.165) is 21.9 Å². The van der Waals surface area contributed by atoms with Crippen LogP contribution in [-0.2, 0) is 4.79 Å². The lowest BCUT2D eigenvalue weighted by atomic mass is 10.1. The van der Waals surface area contributed by atoms with Crippen molar-refractivity contribution in [2.75, 3.05) is 0 Å². The molecule has 0 saturated carbocycles. The molecule has 0 aliphatic heterocycles. The number of carbonyl (C=O) groups is 2. The van der Waals surface area contributed by atoms with Crippen molar-refractivity contribution in [3.63, 3.8) is 0 Å². The molecule has 6 heteroatoms. The summed E-state index contributed by atoms with van der Waals surface area (Å²) in [6.07, 6.45) is 0.786. The molecule has 1 amide bonds. The summed E-state index contributed by atoms with van der Waals surface area (Å²) in [5, 5.41) is 6.13. The largest absolute Gasteiger partial charge is 0.481 e. The minimum absolute atomic E-state index is 0.368. The lowest BCUT2D eigenvalue weighted by Crippen LogP contribution is -2.33. The van der Waals surface area contributed by atoms with Crippen LogP contribution in [0.5, 0.6) is 11.5 Å². The predicted molar refractivity (Wildman–Crippen MR) is 132 cm³/mol. The quantitative estimate of drug-likeness (QED) is 0.179. The highest BCUT2D eigenvalue weighted by Gasteiger charge is 2.14. The number of nitrogens with one attached hydrogen (secondary N) is 1. The zero-order valence-electron chi connectivity index (χ0n) is 18.9. The number of benzene rings is 4. The van der Waals surface area contributed by atoms with E-state index in [2.05, 4.69) is 10.5 Å². The Morgan fingerprint density at radius 1 is 0.853 bits per heavy atom. The average Bonchev–Trinajstić information content (AvgIpc) is 2.85. The molecule has 0 aliphatic carbocycles. The van der Waals surface area contributed by atoms with E-state index in [0.29, 0.717) is 17.1 Å². The van der Waals surface area contributed by atoms with Crippen molar-refractivity contribution in [1.29, 1.82) is 0 Å². The summed E-state index contributed by atoms with van der Waals surface area (Å²) < 4.78 is 11.1. The Morgan fingerprint density at radius 2 is 1.53 bits per heavy atom. The number of ether oxygens (including phenoxy) is 2. The van der Waals surface area contributed by atoms with E-state index in [1.807, 2.05) is 61.5 Å². The van der Waals surface area contributed by atoms with E-state index in [-0.39, 0.29) is 5.91 Å². The molecular formula is C28H24N2O4. The number of nitrogens with zero attached hydrogens (tertiary/aromatic N) is 1. The van der Waals surface area contributed by atoms with Gasteiger partial charge in [-0.25, -0.2) is 10.2 Å². The summed E-state index contributed by atoms with van der Waals surface area (Å²) in [7, 11) is 0. The van der Waals surface area contributed by atoms with Gasteiger partial charge in [-0.3, -0.25) is 4.79 Å². The van der Waals surface area contributed by atoms with Gasteiger partial charge in [-0.2, -0.15) is 5.10 Å². The number of fused-ring (bicyclic) bond motifs is 1. The molecule has 170 valence electrons. The van der Waals surface area contributed by atoms with Gasteiger partial charge in [0, 0.05) is 0 Å². The van der Waals surface area contributed by atoms with E-state index in [9.17, 15) is 9.59 Å². The van der Waals surface area contributed by atoms with Gasteiger partial charge in [-0.1, -0.05) is 48.0 Å². The Bertz CT molecular complexity index is 1330. The molecule has 4 rings (SSSR count). The highest BCUT2D eigenvalue weighted by atomic mass is 16.5. The smallest absolute Gasteiger partial charge is 0.343 e. The lowest BCUT2D eigenvalue weighted by Gasteiger charge is -2.13. The van der Waals surface area contributed by atoms with Gasteiger partial charge in [0.2, 0.25) is 0 Å². The van der Waals surface area contributed by atoms with E-state index in [1.165, 1.54) is 6.21 Å². The molecule has 0 bridgehead atoms. The van der Waals surface area contributed by atoms with Crippen molar-refractivity contribution in [1.82, 2.24) is 5.43 Å². The number of hydrogen-bond acceptors (Lipinski definition) is 5. The molecule has 0 fully saturated rings.